The van der Waals surface area contributed by atoms with Crippen molar-refractivity contribution in [3.05, 3.63) is 82.4 Å². The molecule has 0 unspecified atom stereocenters. The monoisotopic (exact) mass is 446 g/mol. The Bertz CT molecular complexity index is 974. The average Bonchev–Trinajstić information content (AvgIpc) is 2.85. The lowest BCUT2D eigenvalue weighted by atomic mass is 10.0. The third kappa shape index (κ3) is 11.0. The predicted molar refractivity (Wildman–Crippen MR) is 136 cm³/mol. The third-order valence-electron chi connectivity index (χ3n) is 5.62. The van der Waals surface area contributed by atoms with Crippen LogP contribution in [-0.2, 0) is 12.8 Å². The molecular weight excluding hydrogens is 410 g/mol. The molecule has 2 heteroatoms. The van der Waals surface area contributed by atoms with E-state index in [1.54, 1.807) is 0 Å². The highest BCUT2D eigenvalue weighted by molar-refractivity contribution is 5.45. The largest absolute Gasteiger partial charge is 0.217 e. The third-order valence-corrected chi connectivity index (χ3v) is 5.62. The summed E-state index contributed by atoms with van der Waals surface area (Å²) in [5, 5.41) is 0. The van der Waals surface area contributed by atoms with Gasteiger partial charge in [0, 0.05) is 11.1 Å². The van der Waals surface area contributed by atoms with E-state index in [0.29, 0.717) is 11.1 Å². The summed E-state index contributed by atoms with van der Waals surface area (Å²) in [6, 6.07) is 15.4. The zero-order chi connectivity index (χ0) is 23.7. The molecule has 0 aliphatic carbocycles. The van der Waals surface area contributed by atoms with Crippen molar-refractivity contribution in [1.29, 1.82) is 0 Å². The standard InChI is InChI=1S/C31H36F2/c1-3-5-7-9-11-13-27-16-20-29(21-17-27)23-25-31(33)30(32)24-22-28-18-14-26(15-19-28)12-10-8-6-4-2/h14-21H,3-13H2,1-2H3/b31-30+. The molecule has 0 heterocycles. The van der Waals surface area contributed by atoms with Crippen LogP contribution in [0.5, 0.6) is 0 Å². The second-order valence-corrected chi connectivity index (χ2v) is 8.50. The van der Waals surface area contributed by atoms with Crippen molar-refractivity contribution in [2.75, 3.05) is 0 Å². The average molecular weight is 447 g/mol. The molecule has 0 saturated carbocycles. The minimum Gasteiger partial charge on any atom is -0.193 e. The summed E-state index contributed by atoms with van der Waals surface area (Å²) in [6.07, 6.45) is 13.2. The molecule has 0 bridgehead atoms. The number of aryl methyl sites for hydroxylation is 2. The molecule has 2 rings (SSSR count). The van der Waals surface area contributed by atoms with Gasteiger partial charge in [-0.25, -0.2) is 0 Å². The van der Waals surface area contributed by atoms with Gasteiger partial charge >= 0.3 is 0 Å². The van der Waals surface area contributed by atoms with Gasteiger partial charge in [-0.3, -0.25) is 0 Å². The van der Waals surface area contributed by atoms with Gasteiger partial charge in [-0.05, 0) is 72.9 Å². The Hall–Kier alpha value is -2.84. The van der Waals surface area contributed by atoms with Crippen LogP contribution in [0.1, 0.15) is 93.9 Å². The Balaban J connectivity index is 1.88. The van der Waals surface area contributed by atoms with Crippen LogP contribution in [0, 0.1) is 23.7 Å². The first-order chi connectivity index (χ1) is 16.1. The van der Waals surface area contributed by atoms with Gasteiger partial charge < -0.3 is 0 Å². The molecule has 0 fully saturated rings. The minimum atomic E-state index is -1.13. The van der Waals surface area contributed by atoms with Gasteiger partial charge in [0.2, 0.25) is 11.7 Å². The van der Waals surface area contributed by atoms with E-state index in [9.17, 15) is 8.78 Å². The van der Waals surface area contributed by atoms with Crippen molar-refractivity contribution in [2.45, 2.75) is 84.5 Å². The molecule has 0 aliphatic rings. The quantitative estimate of drug-likeness (QED) is 0.239. The zero-order valence-electron chi connectivity index (χ0n) is 20.2. The molecule has 0 aliphatic heterocycles. The number of halogens is 2. The topological polar surface area (TPSA) is 0 Å². The molecule has 33 heavy (non-hydrogen) atoms. The van der Waals surface area contributed by atoms with Gasteiger partial charge in [-0.1, -0.05) is 94.9 Å². The number of hydrogen-bond acceptors (Lipinski definition) is 0. The number of hydrogen-bond donors (Lipinski definition) is 0. The van der Waals surface area contributed by atoms with Crippen molar-refractivity contribution in [1.82, 2.24) is 0 Å². The molecule has 0 aromatic heterocycles. The van der Waals surface area contributed by atoms with E-state index >= 15 is 0 Å². The van der Waals surface area contributed by atoms with Gasteiger partial charge in [0.15, 0.2) is 0 Å². The zero-order valence-corrected chi connectivity index (χ0v) is 20.2. The molecule has 0 nitrogen and oxygen atoms in total. The maximum Gasteiger partial charge on any atom is 0.217 e. The second-order valence-electron chi connectivity index (χ2n) is 8.50. The molecule has 0 spiro atoms. The van der Waals surface area contributed by atoms with E-state index in [2.05, 4.69) is 37.5 Å². The number of unbranched alkanes of at least 4 members (excludes halogenated alkanes) is 7. The van der Waals surface area contributed by atoms with Crippen LogP contribution in [0.3, 0.4) is 0 Å². The maximum absolute atomic E-state index is 14.0. The van der Waals surface area contributed by atoms with E-state index in [-0.39, 0.29) is 0 Å². The molecule has 0 atom stereocenters. The lowest BCUT2D eigenvalue weighted by Gasteiger charge is -2.01. The summed E-state index contributed by atoms with van der Waals surface area (Å²) in [7, 11) is 0. The Morgan fingerprint density at radius 1 is 0.545 bits per heavy atom. The fourth-order valence-electron chi connectivity index (χ4n) is 3.56. The Kier molecular flexibility index (Phi) is 12.7. The van der Waals surface area contributed by atoms with Crippen molar-refractivity contribution in [2.24, 2.45) is 0 Å². The highest BCUT2D eigenvalue weighted by atomic mass is 19.2. The van der Waals surface area contributed by atoms with Crippen LogP contribution >= 0.6 is 0 Å². The molecule has 2 aromatic rings. The molecular formula is C31H36F2. The summed E-state index contributed by atoms with van der Waals surface area (Å²) >= 11 is 0. The summed E-state index contributed by atoms with van der Waals surface area (Å²) in [5.74, 6) is 7.59. The van der Waals surface area contributed by atoms with Crippen LogP contribution in [0.2, 0.25) is 0 Å². The first kappa shape index (κ1) is 26.4. The summed E-state index contributed by atoms with van der Waals surface area (Å²) < 4.78 is 28.1. The number of allylic oxidation sites excluding steroid dienone is 2. The molecule has 0 radical (unpaired) electrons. The van der Waals surface area contributed by atoms with E-state index in [4.69, 9.17) is 0 Å². The van der Waals surface area contributed by atoms with Crippen LogP contribution in [-0.4, -0.2) is 0 Å². The normalized spacial score (nSPS) is 11.2. The van der Waals surface area contributed by atoms with Crippen molar-refractivity contribution < 1.29 is 8.78 Å². The van der Waals surface area contributed by atoms with Gasteiger partial charge in [-0.2, -0.15) is 8.78 Å². The van der Waals surface area contributed by atoms with Gasteiger partial charge in [0.1, 0.15) is 0 Å². The molecule has 0 amide bonds. The minimum absolute atomic E-state index is 0.661. The fourth-order valence-corrected chi connectivity index (χ4v) is 3.56. The maximum atomic E-state index is 14.0. The van der Waals surface area contributed by atoms with Gasteiger partial charge in [-0.15, -0.1) is 0 Å². The predicted octanol–water partition coefficient (Wildman–Crippen LogP) is 8.88. The van der Waals surface area contributed by atoms with Crippen LogP contribution in [0.4, 0.5) is 8.78 Å². The highest BCUT2D eigenvalue weighted by Crippen LogP contribution is 2.12. The van der Waals surface area contributed by atoms with E-state index < -0.39 is 11.7 Å². The summed E-state index contributed by atoms with van der Waals surface area (Å²) in [6.45, 7) is 4.41. The number of benzene rings is 2. The second kappa shape index (κ2) is 15.9. The molecule has 0 N–H and O–H groups in total. The van der Waals surface area contributed by atoms with Crippen LogP contribution in [0.15, 0.2) is 60.2 Å². The Labute approximate surface area is 199 Å². The Morgan fingerprint density at radius 2 is 0.909 bits per heavy atom. The lowest BCUT2D eigenvalue weighted by Crippen LogP contribution is -1.87. The number of rotatable bonds is 11. The fraction of sp³-hybridized carbons (Fsp3) is 0.419. The highest BCUT2D eigenvalue weighted by Gasteiger charge is 2.00. The smallest absolute Gasteiger partial charge is 0.193 e. The van der Waals surface area contributed by atoms with E-state index in [1.807, 2.05) is 48.5 Å². The lowest BCUT2D eigenvalue weighted by molar-refractivity contribution is 0.584. The van der Waals surface area contributed by atoms with E-state index in [1.165, 1.54) is 68.9 Å². The first-order valence-corrected chi connectivity index (χ1v) is 12.4. The van der Waals surface area contributed by atoms with E-state index in [0.717, 1.165) is 12.8 Å². The van der Waals surface area contributed by atoms with Crippen molar-refractivity contribution >= 4 is 0 Å². The van der Waals surface area contributed by atoms with Crippen LogP contribution < -0.4 is 0 Å². The Morgan fingerprint density at radius 3 is 1.30 bits per heavy atom. The summed E-state index contributed by atoms with van der Waals surface area (Å²) in [5.41, 5.74) is 3.81. The van der Waals surface area contributed by atoms with Crippen molar-refractivity contribution in [3.63, 3.8) is 0 Å². The van der Waals surface area contributed by atoms with Crippen molar-refractivity contribution in [3.8, 4) is 23.7 Å². The molecule has 174 valence electrons. The molecule has 2 aromatic carbocycles. The SMILES string of the molecule is CCCCCCCc1ccc(C#C/C(F)=C(\F)C#Cc2ccc(CCCCCC)cc2)cc1. The molecule has 0 saturated heterocycles. The van der Waals surface area contributed by atoms with Crippen LogP contribution in [0.25, 0.3) is 0 Å². The first-order valence-electron chi connectivity index (χ1n) is 12.4. The van der Waals surface area contributed by atoms with Gasteiger partial charge in [0.05, 0.1) is 0 Å². The summed E-state index contributed by atoms with van der Waals surface area (Å²) in [4.78, 5) is 0. The van der Waals surface area contributed by atoms with Gasteiger partial charge in [0.25, 0.3) is 0 Å².